The Balaban J connectivity index is 1.74. The molecule has 110 valence electrons. The molecule has 0 atom stereocenters. The molecule has 0 amide bonds. The second-order valence-corrected chi connectivity index (χ2v) is 5.13. The van der Waals surface area contributed by atoms with Crippen LogP contribution in [0.15, 0.2) is 36.4 Å². The fourth-order valence-electron chi connectivity index (χ4n) is 2.62. The van der Waals surface area contributed by atoms with Gasteiger partial charge in [0.1, 0.15) is 12.4 Å². The van der Waals surface area contributed by atoms with Crippen molar-refractivity contribution in [3.05, 3.63) is 42.0 Å². The van der Waals surface area contributed by atoms with Crippen LogP contribution in [-0.4, -0.2) is 50.6 Å². The number of carbonyl (C=O) groups is 1. The lowest BCUT2D eigenvalue weighted by Crippen LogP contribution is -2.38. The highest BCUT2D eigenvalue weighted by Gasteiger charge is 2.12. The lowest BCUT2D eigenvalue weighted by Gasteiger charge is -2.26. The third-order valence-corrected chi connectivity index (χ3v) is 3.79. The van der Waals surface area contributed by atoms with E-state index in [0.717, 1.165) is 49.9 Å². The van der Waals surface area contributed by atoms with Crippen LogP contribution in [0.25, 0.3) is 10.8 Å². The quantitative estimate of drug-likeness (QED) is 0.791. The Morgan fingerprint density at radius 3 is 2.76 bits per heavy atom. The predicted octanol–water partition coefficient (Wildman–Crippen LogP) is 2.36. The van der Waals surface area contributed by atoms with Crippen LogP contribution >= 0.6 is 0 Å². The zero-order chi connectivity index (χ0) is 14.5. The van der Waals surface area contributed by atoms with E-state index in [-0.39, 0.29) is 0 Å². The monoisotopic (exact) mass is 285 g/mol. The second kappa shape index (κ2) is 6.70. The summed E-state index contributed by atoms with van der Waals surface area (Å²) in [7, 11) is 0. The third kappa shape index (κ3) is 3.23. The fourth-order valence-corrected chi connectivity index (χ4v) is 2.62. The van der Waals surface area contributed by atoms with E-state index in [1.807, 2.05) is 36.4 Å². The van der Waals surface area contributed by atoms with Gasteiger partial charge in [0.05, 0.1) is 18.8 Å². The second-order valence-electron chi connectivity index (χ2n) is 5.13. The van der Waals surface area contributed by atoms with Crippen LogP contribution < -0.4 is 4.74 Å². The molecule has 1 aliphatic heterocycles. The first-order valence-electron chi connectivity index (χ1n) is 7.28. The number of hydrogen-bond donors (Lipinski definition) is 0. The molecule has 21 heavy (non-hydrogen) atoms. The van der Waals surface area contributed by atoms with Gasteiger partial charge in [-0.05, 0) is 11.5 Å². The Hall–Kier alpha value is -1.91. The summed E-state index contributed by atoms with van der Waals surface area (Å²) in [5.41, 5.74) is 0.607. The number of aldehydes is 1. The summed E-state index contributed by atoms with van der Waals surface area (Å²) >= 11 is 0. The van der Waals surface area contributed by atoms with Gasteiger partial charge in [-0.25, -0.2) is 0 Å². The molecule has 0 spiro atoms. The Morgan fingerprint density at radius 2 is 1.95 bits per heavy atom. The van der Waals surface area contributed by atoms with E-state index in [4.69, 9.17) is 9.47 Å². The average molecular weight is 285 g/mol. The molecule has 0 aromatic heterocycles. The number of hydrogen-bond acceptors (Lipinski definition) is 4. The standard InChI is InChI=1S/C17H19NO3/c19-13-15-6-5-14-3-1-2-4-16(14)17(15)21-12-9-18-7-10-20-11-8-18/h1-6,13H,7-12H2. The highest BCUT2D eigenvalue weighted by molar-refractivity contribution is 5.96. The van der Waals surface area contributed by atoms with Gasteiger partial charge in [-0.2, -0.15) is 0 Å². The first kappa shape index (κ1) is 14.0. The van der Waals surface area contributed by atoms with Crippen LogP contribution in [0.5, 0.6) is 5.75 Å². The molecular weight excluding hydrogens is 266 g/mol. The zero-order valence-electron chi connectivity index (χ0n) is 12.0. The molecule has 1 aliphatic rings. The maximum Gasteiger partial charge on any atom is 0.153 e. The molecule has 0 saturated carbocycles. The van der Waals surface area contributed by atoms with E-state index in [1.165, 1.54) is 0 Å². The van der Waals surface area contributed by atoms with E-state index >= 15 is 0 Å². The van der Waals surface area contributed by atoms with Gasteiger partial charge >= 0.3 is 0 Å². The summed E-state index contributed by atoms with van der Waals surface area (Å²) in [5, 5.41) is 2.08. The number of ether oxygens (including phenoxy) is 2. The molecule has 0 N–H and O–H groups in total. The van der Waals surface area contributed by atoms with Crippen LogP contribution in [-0.2, 0) is 4.74 Å². The van der Waals surface area contributed by atoms with E-state index in [1.54, 1.807) is 0 Å². The largest absolute Gasteiger partial charge is 0.491 e. The van der Waals surface area contributed by atoms with Crippen LogP contribution in [0.4, 0.5) is 0 Å². The fraction of sp³-hybridized carbons (Fsp3) is 0.353. The Labute approximate surface area is 124 Å². The highest BCUT2D eigenvalue weighted by Crippen LogP contribution is 2.28. The van der Waals surface area contributed by atoms with Gasteiger partial charge in [0.2, 0.25) is 0 Å². The first-order chi connectivity index (χ1) is 10.4. The molecule has 1 saturated heterocycles. The number of morpholine rings is 1. The number of nitrogens with zero attached hydrogens (tertiary/aromatic N) is 1. The van der Waals surface area contributed by atoms with Gasteiger partial charge in [-0.3, -0.25) is 9.69 Å². The smallest absolute Gasteiger partial charge is 0.153 e. The number of carbonyl (C=O) groups excluding carboxylic acids is 1. The molecule has 4 heteroatoms. The minimum absolute atomic E-state index is 0.578. The Kier molecular flexibility index (Phi) is 4.48. The molecule has 1 heterocycles. The topological polar surface area (TPSA) is 38.8 Å². The number of benzene rings is 2. The van der Waals surface area contributed by atoms with Crippen LogP contribution in [0, 0.1) is 0 Å². The molecular formula is C17H19NO3. The molecule has 0 unspecified atom stereocenters. The zero-order valence-corrected chi connectivity index (χ0v) is 12.0. The van der Waals surface area contributed by atoms with Gasteiger partial charge in [0, 0.05) is 25.0 Å². The summed E-state index contributed by atoms with van der Waals surface area (Å²) in [4.78, 5) is 13.5. The van der Waals surface area contributed by atoms with Crippen molar-refractivity contribution in [2.45, 2.75) is 0 Å². The highest BCUT2D eigenvalue weighted by atomic mass is 16.5. The normalized spacial score (nSPS) is 16.0. The van der Waals surface area contributed by atoms with E-state index in [9.17, 15) is 4.79 Å². The third-order valence-electron chi connectivity index (χ3n) is 3.79. The van der Waals surface area contributed by atoms with Gasteiger partial charge in [-0.15, -0.1) is 0 Å². The van der Waals surface area contributed by atoms with Gasteiger partial charge in [0.25, 0.3) is 0 Å². The molecule has 3 rings (SSSR count). The summed E-state index contributed by atoms with van der Waals surface area (Å²) in [6.07, 6.45) is 0.858. The van der Waals surface area contributed by atoms with E-state index in [0.29, 0.717) is 17.9 Å². The molecule has 2 aromatic rings. The minimum atomic E-state index is 0.578. The van der Waals surface area contributed by atoms with Gasteiger partial charge in [0.15, 0.2) is 6.29 Å². The van der Waals surface area contributed by atoms with Crippen molar-refractivity contribution in [2.75, 3.05) is 39.5 Å². The van der Waals surface area contributed by atoms with Crippen LogP contribution in [0.2, 0.25) is 0 Å². The van der Waals surface area contributed by atoms with Gasteiger partial charge in [-0.1, -0.05) is 30.3 Å². The minimum Gasteiger partial charge on any atom is -0.491 e. The number of fused-ring (bicyclic) bond motifs is 1. The summed E-state index contributed by atoms with van der Waals surface area (Å²) in [6, 6.07) is 11.7. The molecule has 1 fully saturated rings. The average Bonchev–Trinajstić information content (AvgIpc) is 2.56. The van der Waals surface area contributed by atoms with Crippen molar-refractivity contribution in [3.63, 3.8) is 0 Å². The van der Waals surface area contributed by atoms with Crippen molar-refractivity contribution in [2.24, 2.45) is 0 Å². The lowest BCUT2D eigenvalue weighted by molar-refractivity contribution is 0.0323. The SMILES string of the molecule is O=Cc1ccc2ccccc2c1OCCN1CCOCC1. The van der Waals surface area contributed by atoms with Crippen molar-refractivity contribution in [1.82, 2.24) is 4.90 Å². The van der Waals surface area contributed by atoms with Crippen molar-refractivity contribution in [3.8, 4) is 5.75 Å². The van der Waals surface area contributed by atoms with E-state index in [2.05, 4.69) is 4.90 Å². The van der Waals surface area contributed by atoms with Gasteiger partial charge < -0.3 is 9.47 Å². The van der Waals surface area contributed by atoms with Crippen molar-refractivity contribution in [1.29, 1.82) is 0 Å². The molecule has 4 nitrogen and oxygen atoms in total. The van der Waals surface area contributed by atoms with Crippen LogP contribution in [0.1, 0.15) is 10.4 Å². The molecule has 2 aromatic carbocycles. The Morgan fingerprint density at radius 1 is 1.14 bits per heavy atom. The van der Waals surface area contributed by atoms with E-state index < -0.39 is 0 Å². The predicted molar refractivity (Wildman–Crippen MR) is 82.1 cm³/mol. The van der Waals surface area contributed by atoms with Crippen molar-refractivity contribution < 1.29 is 14.3 Å². The molecule has 0 radical (unpaired) electrons. The summed E-state index contributed by atoms with van der Waals surface area (Å²) < 4.78 is 11.3. The number of rotatable bonds is 5. The maximum absolute atomic E-state index is 11.2. The van der Waals surface area contributed by atoms with Crippen molar-refractivity contribution >= 4 is 17.1 Å². The maximum atomic E-state index is 11.2. The molecule has 0 aliphatic carbocycles. The first-order valence-corrected chi connectivity index (χ1v) is 7.28. The summed E-state index contributed by atoms with van der Waals surface area (Å²) in [6.45, 7) is 4.89. The summed E-state index contributed by atoms with van der Waals surface area (Å²) in [5.74, 6) is 0.691. The van der Waals surface area contributed by atoms with Crippen LogP contribution in [0.3, 0.4) is 0 Å². The Bertz CT molecular complexity index is 620. The molecule has 0 bridgehead atoms. The lowest BCUT2D eigenvalue weighted by atomic mass is 10.1.